The SMILES string of the molecule is CN(C(=O)[C@@H](CC(=O)O)Cc1cccc(Cl)c1)c1nc(-c2ccccc2Cl)cs1. The van der Waals surface area contributed by atoms with E-state index >= 15 is 0 Å². The summed E-state index contributed by atoms with van der Waals surface area (Å²) in [6.45, 7) is 0. The zero-order valence-corrected chi connectivity index (χ0v) is 17.8. The molecule has 0 spiro atoms. The summed E-state index contributed by atoms with van der Waals surface area (Å²) in [5, 5.41) is 12.7. The van der Waals surface area contributed by atoms with Gasteiger partial charge in [-0.1, -0.05) is 53.5 Å². The van der Waals surface area contributed by atoms with E-state index < -0.39 is 11.9 Å². The second kappa shape index (κ2) is 9.39. The fourth-order valence-corrected chi connectivity index (χ4v) is 4.23. The molecule has 1 atom stereocenters. The number of hydrogen-bond donors (Lipinski definition) is 1. The van der Waals surface area contributed by atoms with E-state index in [1.165, 1.54) is 16.2 Å². The summed E-state index contributed by atoms with van der Waals surface area (Å²) in [6, 6.07) is 14.4. The maximum absolute atomic E-state index is 13.1. The maximum atomic E-state index is 13.1. The van der Waals surface area contributed by atoms with Crippen molar-refractivity contribution in [3.63, 3.8) is 0 Å². The molecule has 0 aliphatic carbocycles. The van der Waals surface area contributed by atoms with Crippen LogP contribution in [0.5, 0.6) is 0 Å². The molecular formula is C21H18Cl2N2O3S. The number of carboxylic acid groups (broad SMARTS) is 1. The first-order valence-electron chi connectivity index (χ1n) is 8.79. The average Bonchev–Trinajstić information content (AvgIpc) is 3.16. The van der Waals surface area contributed by atoms with Gasteiger partial charge in [0, 0.05) is 28.0 Å². The van der Waals surface area contributed by atoms with Crippen LogP contribution in [0.15, 0.2) is 53.9 Å². The Hall–Kier alpha value is -2.41. The van der Waals surface area contributed by atoms with Gasteiger partial charge in [0.2, 0.25) is 5.91 Å². The van der Waals surface area contributed by atoms with Crippen LogP contribution in [-0.4, -0.2) is 29.0 Å². The number of carbonyl (C=O) groups is 2. The molecule has 3 rings (SSSR count). The normalized spacial score (nSPS) is 11.8. The van der Waals surface area contributed by atoms with Crippen LogP contribution in [0, 0.1) is 5.92 Å². The van der Waals surface area contributed by atoms with Gasteiger partial charge in [-0.25, -0.2) is 4.98 Å². The Kier molecular flexibility index (Phi) is 6.90. The van der Waals surface area contributed by atoms with E-state index in [4.69, 9.17) is 23.2 Å². The average molecular weight is 449 g/mol. The summed E-state index contributed by atoms with van der Waals surface area (Å²) < 4.78 is 0. The Balaban J connectivity index is 1.82. The van der Waals surface area contributed by atoms with E-state index in [2.05, 4.69) is 4.98 Å². The van der Waals surface area contributed by atoms with E-state index in [-0.39, 0.29) is 18.7 Å². The van der Waals surface area contributed by atoms with E-state index in [9.17, 15) is 14.7 Å². The van der Waals surface area contributed by atoms with Gasteiger partial charge < -0.3 is 5.11 Å². The van der Waals surface area contributed by atoms with Gasteiger partial charge >= 0.3 is 5.97 Å². The Morgan fingerprint density at radius 2 is 1.93 bits per heavy atom. The highest BCUT2D eigenvalue weighted by molar-refractivity contribution is 7.14. The third-order valence-electron chi connectivity index (χ3n) is 4.40. The maximum Gasteiger partial charge on any atom is 0.304 e. The summed E-state index contributed by atoms with van der Waals surface area (Å²) in [5.74, 6) is -2.08. The highest BCUT2D eigenvalue weighted by Crippen LogP contribution is 2.32. The van der Waals surface area contributed by atoms with Gasteiger partial charge in [0.1, 0.15) is 0 Å². The first-order valence-corrected chi connectivity index (χ1v) is 10.4. The van der Waals surface area contributed by atoms with Crippen molar-refractivity contribution in [1.29, 1.82) is 0 Å². The summed E-state index contributed by atoms with van der Waals surface area (Å²) in [7, 11) is 1.60. The number of benzene rings is 2. The first-order chi connectivity index (χ1) is 13.8. The Morgan fingerprint density at radius 3 is 2.62 bits per heavy atom. The van der Waals surface area contributed by atoms with Crippen molar-refractivity contribution in [2.75, 3.05) is 11.9 Å². The highest BCUT2D eigenvalue weighted by Gasteiger charge is 2.27. The van der Waals surface area contributed by atoms with E-state index in [0.717, 1.165) is 11.1 Å². The van der Waals surface area contributed by atoms with Crippen molar-refractivity contribution in [2.45, 2.75) is 12.8 Å². The van der Waals surface area contributed by atoms with Crippen molar-refractivity contribution in [3.8, 4) is 11.3 Å². The number of nitrogens with zero attached hydrogens (tertiary/aromatic N) is 2. The molecule has 3 aromatic rings. The van der Waals surface area contributed by atoms with Gasteiger partial charge in [-0.3, -0.25) is 14.5 Å². The van der Waals surface area contributed by atoms with Crippen LogP contribution in [-0.2, 0) is 16.0 Å². The topological polar surface area (TPSA) is 70.5 Å². The molecule has 1 amide bonds. The Morgan fingerprint density at radius 1 is 1.17 bits per heavy atom. The molecule has 0 saturated heterocycles. The predicted octanol–water partition coefficient (Wildman–Crippen LogP) is 5.41. The van der Waals surface area contributed by atoms with E-state index in [0.29, 0.717) is 20.9 Å². The molecule has 0 saturated carbocycles. The quantitative estimate of drug-likeness (QED) is 0.524. The number of amides is 1. The largest absolute Gasteiger partial charge is 0.481 e. The van der Waals surface area contributed by atoms with Gasteiger partial charge in [-0.15, -0.1) is 11.3 Å². The molecule has 0 fully saturated rings. The third-order valence-corrected chi connectivity index (χ3v) is 5.88. The molecule has 150 valence electrons. The molecule has 1 heterocycles. The molecule has 0 aliphatic heterocycles. The van der Waals surface area contributed by atoms with E-state index in [1.807, 2.05) is 29.6 Å². The van der Waals surface area contributed by atoms with Crippen LogP contribution in [0.2, 0.25) is 10.0 Å². The molecule has 1 aromatic heterocycles. The third kappa shape index (κ3) is 5.35. The van der Waals surface area contributed by atoms with Crippen LogP contribution in [0.4, 0.5) is 5.13 Å². The number of hydrogen-bond acceptors (Lipinski definition) is 4. The van der Waals surface area contributed by atoms with Gasteiger partial charge in [-0.05, 0) is 30.2 Å². The monoisotopic (exact) mass is 448 g/mol. The molecule has 0 radical (unpaired) electrons. The number of aliphatic carboxylic acids is 1. The fraction of sp³-hybridized carbons (Fsp3) is 0.190. The smallest absolute Gasteiger partial charge is 0.304 e. The van der Waals surface area contributed by atoms with Gasteiger partial charge in [-0.2, -0.15) is 0 Å². The minimum absolute atomic E-state index is 0.277. The zero-order valence-electron chi connectivity index (χ0n) is 15.5. The lowest BCUT2D eigenvalue weighted by Crippen LogP contribution is -2.35. The second-order valence-electron chi connectivity index (χ2n) is 6.52. The Bertz CT molecular complexity index is 1040. The number of carbonyl (C=O) groups excluding carboxylic acids is 1. The number of anilines is 1. The van der Waals surface area contributed by atoms with E-state index in [1.54, 1.807) is 31.3 Å². The molecule has 5 nitrogen and oxygen atoms in total. The lowest BCUT2D eigenvalue weighted by Gasteiger charge is -2.21. The molecule has 0 bridgehead atoms. The summed E-state index contributed by atoms with van der Waals surface area (Å²) in [5.41, 5.74) is 2.25. The highest BCUT2D eigenvalue weighted by atomic mass is 35.5. The summed E-state index contributed by atoms with van der Waals surface area (Å²) in [4.78, 5) is 30.3. The number of aromatic nitrogens is 1. The summed E-state index contributed by atoms with van der Waals surface area (Å²) in [6.07, 6.45) is -0.00277. The predicted molar refractivity (Wildman–Crippen MR) is 117 cm³/mol. The second-order valence-corrected chi connectivity index (χ2v) is 8.20. The molecular weight excluding hydrogens is 431 g/mol. The van der Waals surface area contributed by atoms with Gasteiger partial charge in [0.15, 0.2) is 5.13 Å². The van der Waals surface area contributed by atoms with Crippen molar-refractivity contribution in [1.82, 2.24) is 4.98 Å². The number of rotatable bonds is 7. The van der Waals surface area contributed by atoms with Crippen LogP contribution >= 0.6 is 34.5 Å². The van der Waals surface area contributed by atoms with Crippen LogP contribution < -0.4 is 4.90 Å². The number of carboxylic acids is 1. The molecule has 0 aliphatic rings. The van der Waals surface area contributed by atoms with Crippen LogP contribution in [0.25, 0.3) is 11.3 Å². The molecule has 0 unspecified atom stereocenters. The molecule has 8 heteroatoms. The van der Waals surface area contributed by atoms with Crippen molar-refractivity contribution in [3.05, 3.63) is 69.5 Å². The van der Waals surface area contributed by atoms with Gasteiger partial charge in [0.25, 0.3) is 0 Å². The first kappa shape index (κ1) is 21.3. The zero-order chi connectivity index (χ0) is 21.0. The minimum Gasteiger partial charge on any atom is -0.481 e. The van der Waals surface area contributed by atoms with Crippen LogP contribution in [0.1, 0.15) is 12.0 Å². The minimum atomic E-state index is -1.03. The van der Waals surface area contributed by atoms with Crippen LogP contribution in [0.3, 0.4) is 0 Å². The Labute approximate surface area is 182 Å². The molecule has 1 N–H and O–H groups in total. The summed E-state index contributed by atoms with van der Waals surface area (Å²) >= 11 is 13.5. The number of thiazole rings is 1. The molecule has 29 heavy (non-hydrogen) atoms. The fourth-order valence-electron chi connectivity index (χ4n) is 2.99. The lowest BCUT2D eigenvalue weighted by atomic mass is 9.95. The van der Waals surface area contributed by atoms with Crippen molar-refractivity contribution in [2.24, 2.45) is 5.92 Å². The standard InChI is InChI=1S/C21H18Cl2N2O3S/c1-25(21-24-18(12-29-21)16-7-2-3-8-17(16)23)20(28)14(11-19(26)27)9-13-5-4-6-15(22)10-13/h2-8,10,12,14H,9,11H2,1H3,(H,26,27)/t14-/m1/s1. The van der Waals surface area contributed by atoms with Crippen molar-refractivity contribution < 1.29 is 14.7 Å². The lowest BCUT2D eigenvalue weighted by molar-refractivity contribution is -0.140. The molecule has 2 aromatic carbocycles. The number of halogens is 2. The van der Waals surface area contributed by atoms with Gasteiger partial charge in [0.05, 0.1) is 18.0 Å². The van der Waals surface area contributed by atoms with Crippen molar-refractivity contribution >= 4 is 51.5 Å².